The van der Waals surface area contributed by atoms with Gasteiger partial charge in [0.05, 0.1) is 12.7 Å². The van der Waals surface area contributed by atoms with Crippen LogP contribution in [0.3, 0.4) is 0 Å². The van der Waals surface area contributed by atoms with Crippen molar-refractivity contribution in [1.29, 1.82) is 0 Å². The van der Waals surface area contributed by atoms with Crippen molar-refractivity contribution in [2.45, 2.75) is 45.1 Å². The maximum absolute atomic E-state index is 5.76. The molecule has 1 heterocycles. The smallest absolute Gasteiger partial charge is 0.0700 e. The zero-order valence-corrected chi connectivity index (χ0v) is 11.5. The van der Waals surface area contributed by atoms with Crippen LogP contribution in [0.1, 0.15) is 39.0 Å². The minimum absolute atomic E-state index is 0.469. The van der Waals surface area contributed by atoms with E-state index in [-0.39, 0.29) is 0 Å². The van der Waals surface area contributed by atoms with Crippen LogP contribution in [0.5, 0.6) is 0 Å². The largest absolute Gasteiger partial charge is 0.376 e. The van der Waals surface area contributed by atoms with Crippen molar-refractivity contribution < 1.29 is 4.74 Å². The summed E-state index contributed by atoms with van der Waals surface area (Å²) in [5.41, 5.74) is 0.546. The Balaban J connectivity index is 1.88. The molecule has 100 valence electrons. The van der Waals surface area contributed by atoms with Crippen LogP contribution in [0.25, 0.3) is 0 Å². The van der Waals surface area contributed by atoms with Crippen molar-refractivity contribution in [2.75, 3.05) is 39.8 Å². The molecular weight excluding hydrogens is 212 g/mol. The first-order chi connectivity index (χ1) is 8.28. The van der Waals surface area contributed by atoms with Crippen LogP contribution in [0.15, 0.2) is 0 Å². The molecule has 2 rings (SSSR count). The second kappa shape index (κ2) is 6.17. The molecule has 0 aromatic rings. The van der Waals surface area contributed by atoms with Crippen molar-refractivity contribution in [3.8, 4) is 0 Å². The van der Waals surface area contributed by atoms with Crippen molar-refractivity contribution in [3.63, 3.8) is 0 Å². The molecular formula is C14H28N2O. The first-order valence-corrected chi connectivity index (χ1v) is 7.26. The van der Waals surface area contributed by atoms with Crippen LogP contribution in [0, 0.1) is 5.41 Å². The second-order valence-electron chi connectivity index (χ2n) is 5.87. The molecule has 1 unspecified atom stereocenters. The van der Waals surface area contributed by atoms with Crippen molar-refractivity contribution in [2.24, 2.45) is 5.41 Å². The molecule has 17 heavy (non-hydrogen) atoms. The van der Waals surface area contributed by atoms with E-state index < -0.39 is 0 Å². The number of nitrogens with zero attached hydrogens (tertiary/aromatic N) is 1. The third-order valence-corrected chi connectivity index (χ3v) is 4.45. The van der Waals surface area contributed by atoms with Gasteiger partial charge in [-0.15, -0.1) is 0 Å². The molecule has 0 bridgehead atoms. The summed E-state index contributed by atoms with van der Waals surface area (Å²) in [5.74, 6) is 0. The first kappa shape index (κ1) is 13.3. The Labute approximate surface area is 106 Å². The number of hydrogen-bond acceptors (Lipinski definition) is 3. The summed E-state index contributed by atoms with van der Waals surface area (Å²) in [4.78, 5) is 2.64. The fourth-order valence-electron chi connectivity index (χ4n) is 3.54. The van der Waals surface area contributed by atoms with E-state index in [1.807, 2.05) is 0 Å². The molecule has 1 saturated carbocycles. The average Bonchev–Trinajstić information content (AvgIpc) is 2.78. The third kappa shape index (κ3) is 3.43. The Morgan fingerprint density at radius 2 is 2.12 bits per heavy atom. The molecule has 0 spiro atoms. The van der Waals surface area contributed by atoms with Gasteiger partial charge < -0.3 is 10.1 Å². The minimum Gasteiger partial charge on any atom is -0.376 e. The molecule has 2 fully saturated rings. The van der Waals surface area contributed by atoms with Gasteiger partial charge in [0, 0.05) is 26.2 Å². The summed E-state index contributed by atoms with van der Waals surface area (Å²) in [7, 11) is 2.09. The van der Waals surface area contributed by atoms with Crippen LogP contribution in [0.4, 0.5) is 0 Å². The molecule has 3 heteroatoms. The van der Waals surface area contributed by atoms with Gasteiger partial charge in [0.25, 0.3) is 0 Å². The normalized spacial score (nSPS) is 29.6. The van der Waals surface area contributed by atoms with Crippen molar-refractivity contribution in [1.82, 2.24) is 10.2 Å². The van der Waals surface area contributed by atoms with Crippen LogP contribution in [-0.4, -0.2) is 50.8 Å². The highest BCUT2D eigenvalue weighted by Crippen LogP contribution is 2.38. The molecule has 1 atom stereocenters. The molecule has 0 amide bonds. The van der Waals surface area contributed by atoms with E-state index in [4.69, 9.17) is 4.74 Å². The summed E-state index contributed by atoms with van der Waals surface area (Å²) in [6, 6.07) is 0. The Bertz CT molecular complexity index is 226. The average molecular weight is 240 g/mol. The van der Waals surface area contributed by atoms with E-state index in [0.29, 0.717) is 11.5 Å². The maximum atomic E-state index is 5.76. The molecule has 2 aliphatic rings. The molecule has 1 saturated heterocycles. The van der Waals surface area contributed by atoms with Crippen molar-refractivity contribution in [3.05, 3.63) is 0 Å². The predicted molar refractivity (Wildman–Crippen MR) is 71.3 cm³/mol. The third-order valence-electron chi connectivity index (χ3n) is 4.45. The Morgan fingerprint density at radius 3 is 2.76 bits per heavy atom. The van der Waals surface area contributed by atoms with E-state index in [2.05, 4.69) is 24.2 Å². The fraction of sp³-hybridized carbons (Fsp3) is 1.00. The number of morpholine rings is 1. The fourth-order valence-corrected chi connectivity index (χ4v) is 3.54. The van der Waals surface area contributed by atoms with Gasteiger partial charge >= 0.3 is 0 Å². The number of rotatable bonds is 5. The summed E-state index contributed by atoms with van der Waals surface area (Å²) < 4.78 is 5.76. The van der Waals surface area contributed by atoms with Crippen LogP contribution < -0.4 is 5.32 Å². The first-order valence-electron chi connectivity index (χ1n) is 7.26. The Morgan fingerprint density at radius 1 is 1.35 bits per heavy atom. The number of nitrogens with one attached hydrogen (secondary N) is 1. The van der Waals surface area contributed by atoms with Crippen LogP contribution >= 0.6 is 0 Å². The van der Waals surface area contributed by atoms with E-state index in [1.54, 1.807) is 0 Å². The van der Waals surface area contributed by atoms with Gasteiger partial charge in [-0.3, -0.25) is 4.90 Å². The van der Waals surface area contributed by atoms with E-state index >= 15 is 0 Å². The monoisotopic (exact) mass is 240 g/mol. The van der Waals surface area contributed by atoms with Gasteiger partial charge in [0.2, 0.25) is 0 Å². The summed E-state index contributed by atoms with van der Waals surface area (Å²) >= 11 is 0. The van der Waals surface area contributed by atoms with Gasteiger partial charge in [0.15, 0.2) is 0 Å². The number of ether oxygens (including phenoxy) is 1. The van der Waals surface area contributed by atoms with Gasteiger partial charge in [-0.25, -0.2) is 0 Å². The Hall–Kier alpha value is -0.120. The molecule has 0 aromatic carbocycles. The molecule has 1 N–H and O–H groups in total. The lowest BCUT2D eigenvalue weighted by Crippen LogP contribution is -2.48. The predicted octanol–water partition coefficient (Wildman–Crippen LogP) is 1.88. The second-order valence-corrected chi connectivity index (χ2v) is 5.87. The zero-order valence-electron chi connectivity index (χ0n) is 11.5. The highest BCUT2D eigenvalue weighted by molar-refractivity contribution is 4.90. The van der Waals surface area contributed by atoms with Crippen LogP contribution in [0.2, 0.25) is 0 Å². The molecule has 1 aliphatic carbocycles. The van der Waals surface area contributed by atoms with E-state index in [9.17, 15) is 0 Å². The van der Waals surface area contributed by atoms with Gasteiger partial charge in [0.1, 0.15) is 0 Å². The van der Waals surface area contributed by atoms with Gasteiger partial charge in [-0.05, 0) is 31.7 Å². The molecule has 0 radical (unpaired) electrons. The molecule has 0 aromatic heterocycles. The quantitative estimate of drug-likeness (QED) is 0.794. The van der Waals surface area contributed by atoms with Crippen molar-refractivity contribution >= 4 is 0 Å². The molecule has 3 nitrogen and oxygen atoms in total. The lowest BCUT2D eigenvalue weighted by Gasteiger charge is -2.39. The van der Waals surface area contributed by atoms with Gasteiger partial charge in [-0.2, -0.15) is 0 Å². The highest BCUT2D eigenvalue weighted by atomic mass is 16.5. The SMILES string of the molecule is CCC1CN(CC2(CNC)CCCC2)CCO1. The van der Waals surface area contributed by atoms with E-state index in [0.717, 1.165) is 26.1 Å². The Kier molecular flexibility index (Phi) is 4.83. The van der Waals surface area contributed by atoms with Gasteiger partial charge in [-0.1, -0.05) is 19.8 Å². The number of hydrogen-bond donors (Lipinski definition) is 1. The zero-order chi connectivity index (χ0) is 12.1. The maximum Gasteiger partial charge on any atom is 0.0700 e. The summed E-state index contributed by atoms with van der Waals surface area (Å²) in [5, 5.41) is 3.41. The topological polar surface area (TPSA) is 24.5 Å². The summed E-state index contributed by atoms with van der Waals surface area (Å²) in [6.45, 7) is 7.88. The van der Waals surface area contributed by atoms with E-state index in [1.165, 1.54) is 38.8 Å². The lowest BCUT2D eigenvalue weighted by molar-refractivity contribution is -0.0418. The molecule has 1 aliphatic heterocycles. The standard InChI is InChI=1S/C14H28N2O/c1-3-13-10-16(8-9-17-13)12-14(11-15-2)6-4-5-7-14/h13,15H,3-12H2,1-2H3. The highest BCUT2D eigenvalue weighted by Gasteiger charge is 2.35. The minimum atomic E-state index is 0.469. The van der Waals surface area contributed by atoms with Crippen LogP contribution in [-0.2, 0) is 4.74 Å². The summed E-state index contributed by atoms with van der Waals surface area (Å²) in [6.07, 6.45) is 7.27. The lowest BCUT2D eigenvalue weighted by atomic mass is 9.85.